The molecule has 1 aromatic carbocycles. The normalized spacial score (nSPS) is 25.7. The van der Waals surface area contributed by atoms with Crippen LogP contribution in [0, 0.1) is 0 Å². The number of hydrogen-bond donors (Lipinski definition) is 1. The lowest BCUT2D eigenvalue weighted by atomic mass is 9.89. The van der Waals surface area contributed by atoms with Gasteiger partial charge >= 0.3 is 0 Å². The Kier molecular flexibility index (Phi) is 3.14. The van der Waals surface area contributed by atoms with Crippen molar-refractivity contribution in [3.05, 3.63) is 35.2 Å². The van der Waals surface area contributed by atoms with Crippen LogP contribution in [0.1, 0.15) is 25.3 Å². The van der Waals surface area contributed by atoms with Crippen LogP contribution in [0.15, 0.2) is 29.6 Å². The molecule has 2 atom stereocenters. The Morgan fingerprint density at radius 2 is 2.28 bits per heavy atom. The summed E-state index contributed by atoms with van der Waals surface area (Å²) in [7, 11) is 0. The zero-order chi connectivity index (χ0) is 12.6. The van der Waals surface area contributed by atoms with Gasteiger partial charge in [-0.25, -0.2) is 0 Å². The highest BCUT2D eigenvalue weighted by atomic mass is 32.1. The van der Waals surface area contributed by atoms with Crippen LogP contribution in [0.5, 0.6) is 0 Å². The molecule has 0 radical (unpaired) electrons. The van der Waals surface area contributed by atoms with Gasteiger partial charge in [0.2, 0.25) is 0 Å². The van der Waals surface area contributed by atoms with Gasteiger partial charge in [0.25, 0.3) is 0 Å². The fourth-order valence-corrected chi connectivity index (χ4v) is 3.71. The maximum atomic E-state index is 6.38. The third-order valence-corrected chi connectivity index (χ3v) is 5.05. The Morgan fingerprint density at radius 3 is 3.06 bits per heavy atom. The molecule has 18 heavy (non-hydrogen) atoms. The molecule has 0 saturated carbocycles. The molecule has 96 valence electrons. The van der Waals surface area contributed by atoms with Crippen LogP contribution in [0.25, 0.3) is 10.1 Å². The van der Waals surface area contributed by atoms with Crippen LogP contribution >= 0.6 is 11.3 Å². The van der Waals surface area contributed by atoms with Crippen molar-refractivity contribution in [2.45, 2.75) is 37.8 Å². The molecule has 0 amide bonds. The lowest BCUT2D eigenvalue weighted by Crippen LogP contribution is -2.46. The summed E-state index contributed by atoms with van der Waals surface area (Å²) in [6, 6.07) is 8.62. The van der Waals surface area contributed by atoms with Crippen LogP contribution in [-0.4, -0.2) is 18.2 Å². The van der Waals surface area contributed by atoms with E-state index in [1.165, 1.54) is 15.6 Å². The molecule has 3 rings (SSSR count). The quantitative estimate of drug-likeness (QED) is 0.919. The van der Waals surface area contributed by atoms with Gasteiger partial charge in [-0.15, -0.1) is 11.3 Å². The summed E-state index contributed by atoms with van der Waals surface area (Å²) in [4.78, 5) is 0. The predicted octanol–water partition coefficient (Wildman–Crippen LogP) is 3.34. The van der Waals surface area contributed by atoms with Crippen molar-refractivity contribution in [1.29, 1.82) is 0 Å². The summed E-state index contributed by atoms with van der Waals surface area (Å²) >= 11 is 1.80. The minimum atomic E-state index is -0.136. The molecule has 1 aliphatic rings. The summed E-state index contributed by atoms with van der Waals surface area (Å²) in [6.07, 6.45) is 3.12. The summed E-state index contributed by atoms with van der Waals surface area (Å²) in [5, 5.41) is 3.59. The average Bonchev–Trinajstić information content (AvgIpc) is 2.98. The maximum Gasteiger partial charge on any atom is 0.0808 e. The van der Waals surface area contributed by atoms with E-state index in [1.54, 1.807) is 11.3 Å². The van der Waals surface area contributed by atoms with E-state index >= 15 is 0 Å². The highest BCUT2D eigenvalue weighted by Crippen LogP contribution is 2.32. The first-order valence-corrected chi connectivity index (χ1v) is 7.42. The van der Waals surface area contributed by atoms with Gasteiger partial charge in [0.05, 0.1) is 5.60 Å². The summed E-state index contributed by atoms with van der Waals surface area (Å²) in [6.45, 7) is 3.01. The van der Waals surface area contributed by atoms with Crippen molar-refractivity contribution in [2.75, 3.05) is 6.61 Å². The fourth-order valence-electron chi connectivity index (χ4n) is 2.74. The number of hydrogen-bond acceptors (Lipinski definition) is 3. The molecular weight excluding hydrogens is 242 g/mol. The first-order chi connectivity index (χ1) is 8.69. The highest BCUT2D eigenvalue weighted by Gasteiger charge is 2.36. The molecular formula is C15H19NOS. The molecule has 0 bridgehead atoms. The second kappa shape index (κ2) is 4.65. The van der Waals surface area contributed by atoms with E-state index in [-0.39, 0.29) is 11.6 Å². The van der Waals surface area contributed by atoms with E-state index in [4.69, 9.17) is 10.5 Å². The lowest BCUT2D eigenvalue weighted by Gasteiger charge is -2.30. The molecule has 2 N–H and O–H groups in total. The largest absolute Gasteiger partial charge is 0.374 e. The van der Waals surface area contributed by atoms with Gasteiger partial charge in [-0.05, 0) is 48.6 Å². The van der Waals surface area contributed by atoms with Gasteiger partial charge in [-0.1, -0.05) is 18.2 Å². The van der Waals surface area contributed by atoms with Crippen LogP contribution < -0.4 is 5.73 Å². The molecule has 2 heterocycles. The Morgan fingerprint density at radius 1 is 1.44 bits per heavy atom. The number of fused-ring (bicyclic) bond motifs is 1. The summed E-state index contributed by atoms with van der Waals surface area (Å²) in [5.41, 5.74) is 7.60. The number of nitrogens with two attached hydrogens (primary N) is 1. The minimum Gasteiger partial charge on any atom is -0.374 e. The standard InChI is InChI=1S/C15H19NOS/c1-15(7-4-8-17-15)14(16)9-11-10-18-13-6-3-2-5-12(11)13/h2-3,5-6,10,14H,4,7-9,16H2,1H3. The van der Waals surface area contributed by atoms with Crippen LogP contribution in [0.4, 0.5) is 0 Å². The Bertz CT molecular complexity index is 542. The highest BCUT2D eigenvalue weighted by molar-refractivity contribution is 7.17. The molecule has 2 unspecified atom stereocenters. The first kappa shape index (κ1) is 12.2. The molecule has 1 aliphatic heterocycles. The monoisotopic (exact) mass is 261 g/mol. The Balaban J connectivity index is 1.84. The minimum absolute atomic E-state index is 0.0815. The number of ether oxygens (including phenoxy) is 1. The zero-order valence-corrected chi connectivity index (χ0v) is 11.5. The fraction of sp³-hybridized carbons (Fsp3) is 0.467. The molecule has 3 heteroatoms. The molecule has 0 aliphatic carbocycles. The maximum absolute atomic E-state index is 6.38. The van der Waals surface area contributed by atoms with Gasteiger partial charge in [0.15, 0.2) is 0 Å². The van der Waals surface area contributed by atoms with Crippen LogP contribution in [0.3, 0.4) is 0 Å². The lowest BCUT2D eigenvalue weighted by molar-refractivity contribution is -0.000812. The number of thiophene rings is 1. The van der Waals surface area contributed by atoms with Crippen molar-refractivity contribution in [3.8, 4) is 0 Å². The van der Waals surface area contributed by atoms with Gasteiger partial charge in [-0.2, -0.15) is 0 Å². The van der Waals surface area contributed by atoms with Crippen molar-refractivity contribution in [1.82, 2.24) is 0 Å². The smallest absolute Gasteiger partial charge is 0.0808 e. The zero-order valence-electron chi connectivity index (χ0n) is 10.7. The second-order valence-corrected chi connectivity index (χ2v) is 6.24. The predicted molar refractivity (Wildman–Crippen MR) is 77.1 cm³/mol. The average molecular weight is 261 g/mol. The van der Waals surface area contributed by atoms with E-state index in [0.29, 0.717) is 0 Å². The molecule has 2 nitrogen and oxygen atoms in total. The van der Waals surface area contributed by atoms with Crippen molar-refractivity contribution in [2.24, 2.45) is 5.73 Å². The van der Waals surface area contributed by atoms with Crippen LogP contribution in [0.2, 0.25) is 0 Å². The third kappa shape index (κ3) is 2.07. The Hall–Kier alpha value is -0.900. The van der Waals surface area contributed by atoms with E-state index in [1.807, 2.05) is 0 Å². The van der Waals surface area contributed by atoms with E-state index in [9.17, 15) is 0 Å². The number of rotatable bonds is 3. The molecule has 0 spiro atoms. The second-order valence-electron chi connectivity index (χ2n) is 5.33. The van der Waals surface area contributed by atoms with Crippen LogP contribution in [-0.2, 0) is 11.2 Å². The van der Waals surface area contributed by atoms with E-state index in [2.05, 4.69) is 36.6 Å². The summed E-state index contributed by atoms with van der Waals surface area (Å²) < 4.78 is 7.19. The van der Waals surface area contributed by atoms with Crippen molar-refractivity contribution >= 4 is 21.4 Å². The molecule has 2 aromatic rings. The molecule has 1 saturated heterocycles. The third-order valence-electron chi connectivity index (χ3n) is 4.03. The first-order valence-electron chi connectivity index (χ1n) is 6.54. The number of benzene rings is 1. The molecule has 1 fully saturated rings. The van der Waals surface area contributed by atoms with Gasteiger partial charge in [0, 0.05) is 17.3 Å². The van der Waals surface area contributed by atoms with Crippen molar-refractivity contribution in [3.63, 3.8) is 0 Å². The topological polar surface area (TPSA) is 35.2 Å². The van der Waals surface area contributed by atoms with Gasteiger partial charge in [0.1, 0.15) is 0 Å². The van der Waals surface area contributed by atoms with Crippen molar-refractivity contribution < 1.29 is 4.74 Å². The molecule has 1 aromatic heterocycles. The van der Waals surface area contributed by atoms with E-state index < -0.39 is 0 Å². The van der Waals surface area contributed by atoms with Gasteiger partial charge < -0.3 is 10.5 Å². The summed E-state index contributed by atoms with van der Waals surface area (Å²) in [5.74, 6) is 0. The van der Waals surface area contributed by atoms with E-state index in [0.717, 1.165) is 25.9 Å². The van der Waals surface area contributed by atoms with Gasteiger partial charge in [-0.3, -0.25) is 0 Å². The SMILES string of the molecule is CC1(C(N)Cc2csc3ccccc23)CCCO1. The Labute approximate surface area is 112 Å².